The van der Waals surface area contributed by atoms with Crippen LogP contribution in [0, 0.1) is 5.92 Å². The zero-order chi connectivity index (χ0) is 18.9. The first kappa shape index (κ1) is 20.2. The monoisotopic (exact) mass is 360 g/mol. The lowest BCUT2D eigenvalue weighted by molar-refractivity contribution is -0.132. The molecule has 1 aromatic rings. The standard InChI is InChI=1S/C20H32N4O2/c1-4-6-9-21-20(26)17-7-8-18(22-15-17)23-10-12-24(13-11-23)19(25)14-16(3)5-2/h7-8,15-16H,4-6,9-14H2,1-3H3,(H,21,26). The first-order valence-corrected chi connectivity index (χ1v) is 9.82. The molecule has 0 aliphatic carbocycles. The van der Waals surface area contributed by atoms with Gasteiger partial charge in [0, 0.05) is 45.3 Å². The Bertz CT molecular complexity index is 580. The minimum atomic E-state index is -0.0713. The molecule has 1 unspecified atom stereocenters. The number of nitrogens with zero attached hydrogens (tertiary/aromatic N) is 3. The van der Waals surface area contributed by atoms with Crippen LogP contribution in [0.1, 0.15) is 56.8 Å². The number of rotatable bonds is 8. The molecule has 2 rings (SSSR count). The quantitative estimate of drug-likeness (QED) is 0.724. The lowest BCUT2D eigenvalue weighted by atomic mass is 10.0. The summed E-state index contributed by atoms with van der Waals surface area (Å²) in [6.07, 6.45) is 5.35. The summed E-state index contributed by atoms with van der Waals surface area (Å²) in [6, 6.07) is 3.72. The van der Waals surface area contributed by atoms with E-state index >= 15 is 0 Å². The van der Waals surface area contributed by atoms with Crippen LogP contribution in [0.2, 0.25) is 0 Å². The Morgan fingerprint density at radius 1 is 1.19 bits per heavy atom. The van der Waals surface area contributed by atoms with Crippen LogP contribution in [0.25, 0.3) is 0 Å². The van der Waals surface area contributed by atoms with Gasteiger partial charge >= 0.3 is 0 Å². The summed E-state index contributed by atoms with van der Waals surface area (Å²) < 4.78 is 0. The van der Waals surface area contributed by atoms with E-state index in [0.29, 0.717) is 24.4 Å². The maximum Gasteiger partial charge on any atom is 0.252 e. The lowest BCUT2D eigenvalue weighted by Crippen LogP contribution is -2.49. The van der Waals surface area contributed by atoms with Crippen molar-refractivity contribution in [1.29, 1.82) is 0 Å². The lowest BCUT2D eigenvalue weighted by Gasteiger charge is -2.35. The predicted molar refractivity (Wildman–Crippen MR) is 104 cm³/mol. The molecule has 6 heteroatoms. The number of unbranched alkanes of at least 4 members (excludes halogenated alkanes) is 1. The van der Waals surface area contributed by atoms with E-state index in [2.05, 4.69) is 36.0 Å². The van der Waals surface area contributed by atoms with Crippen LogP contribution in [0.15, 0.2) is 18.3 Å². The number of hydrogen-bond acceptors (Lipinski definition) is 4. The third-order valence-electron chi connectivity index (χ3n) is 5.00. The Labute approximate surface area is 157 Å². The van der Waals surface area contributed by atoms with Crippen molar-refractivity contribution in [3.63, 3.8) is 0 Å². The SMILES string of the molecule is CCCCNC(=O)c1ccc(N2CCN(C(=O)CC(C)CC)CC2)nc1. The normalized spacial score (nSPS) is 15.7. The van der Waals surface area contributed by atoms with Gasteiger partial charge in [0.2, 0.25) is 5.91 Å². The fourth-order valence-electron chi connectivity index (χ4n) is 2.94. The summed E-state index contributed by atoms with van der Waals surface area (Å²) in [5.41, 5.74) is 0.590. The highest BCUT2D eigenvalue weighted by Crippen LogP contribution is 2.16. The molecule has 144 valence electrons. The summed E-state index contributed by atoms with van der Waals surface area (Å²) in [5.74, 6) is 1.49. The van der Waals surface area contributed by atoms with Crippen molar-refractivity contribution in [1.82, 2.24) is 15.2 Å². The van der Waals surface area contributed by atoms with Gasteiger partial charge in [0.15, 0.2) is 0 Å². The van der Waals surface area contributed by atoms with Crippen LogP contribution < -0.4 is 10.2 Å². The minimum absolute atomic E-state index is 0.0713. The number of carbonyl (C=O) groups excluding carboxylic acids is 2. The Hall–Kier alpha value is -2.11. The molecule has 0 spiro atoms. The number of piperazine rings is 1. The number of aromatic nitrogens is 1. The number of anilines is 1. The van der Waals surface area contributed by atoms with E-state index in [0.717, 1.165) is 51.3 Å². The predicted octanol–water partition coefficient (Wildman–Crippen LogP) is 2.70. The highest BCUT2D eigenvalue weighted by Gasteiger charge is 2.22. The van der Waals surface area contributed by atoms with Gasteiger partial charge in [-0.25, -0.2) is 4.98 Å². The van der Waals surface area contributed by atoms with Gasteiger partial charge in [-0.05, 0) is 24.5 Å². The van der Waals surface area contributed by atoms with Crippen molar-refractivity contribution in [3.05, 3.63) is 23.9 Å². The Morgan fingerprint density at radius 2 is 1.92 bits per heavy atom. The van der Waals surface area contributed by atoms with Gasteiger partial charge in [-0.3, -0.25) is 9.59 Å². The Kier molecular flexibility index (Phi) is 7.88. The summed E-state index contributed by atoms with van der Waals surface area (Å²) in [6.45, 7) is 10.1. The fourth-order valence-corrected chi connectivity index (χ4v) is 2.94. The summed E-state index contributed by atoms with van der Waals surface area (Å²) in [7, 11) is 0. The molecule has 26 heavy (non-hydrogen) atoms. The third-order valence-corrected chi connectivity index (χ3v) is 5.00. The van der Waals surface area contributed by atoms with Crippen LogP contribution in [-0.2, 0) is 4.79 Å². The molecule has 0 bridgehead atoms. The van der Waals surface area contributed by atoms with E-state index in [4.69, 9.17) is 0 Å². The van der Waals surface area contributed by atoms with Gasteiger partial charge < -0.3 is 15.1 Å². The first-order chi connectivity index (χ1) is 12.5. The first-order valence-electron chi connectivity index (χ1n) is 9.82. The molecule has 6 nitrogen and oxygen atoms in total. The third kappa shape index (κ3) is 5.71. The van der Waals surface area contributed by atoms with Crippen LogP contribution in [0.5, 0.6) is 0 Å². The molecule has 1 saturated heterocycles. The van der Waals surface area contributed by atoms with Gasteiger partial charge in [-0.15, -0.1) is 0 Å². The number of hydrogen-bond donors (Lipinski definition) is 1. The fraction of sp³-hybridized carbons (Fsp3) is 0.650. The topological polar surface area (TPSA) is 65.5 Å². The molecule has 0 radical (unpaired) electrons. The van der Waals surface area contributed by atoms with Crippen molar-refractivity contribution in [2.24, 2.45) is 5.92 Å². The summed E-state index contributed by atoms with van der Waals surface area (Å²) in [5, 5.41) is 2.90. The minimum Gasteiger partial charge on any atom is -0.353 e. The zero-order valence-corrected chi connectivity index (χ0v) is 16.3. The van der Waals surface area contributed by atoms with E-state index in [-0.39, 0.29) is 11.8 Å². The molecule has 0 aromatic carbocycles. The van der Waals surface area contributed by atoms with Gasteiger partial charge in [-0.1, -0.05) is 33.6 Å². The van der Waals surface area contributed by atoms with Crippen molar-refractivity contribution in [2.75, 3.05) is 37.6 Å². The van der Waals surface area contributed by atoms with Gasteiger partial charge in [0.25, 0.3) is 5.91 Å². The molecular formula is C20H32N4O2. The van der Waals surface area contributed by atoms with E-state index in [1.807, 2.05) is 17.0 Å². The molecule has 2 amide bonds. The number of carbonyl (C=O) groups is 2. The highest BCUT2D eigenvalue weighted by atomic mass is 16.2. The second kappa shape index (κ2) is 10.1. The molecular weight excluding hydrogens is 328 g/mol. The molecule has 1 aliphatic heterocycles. The van der Waals surface area contributed by atoms with Crippen molar-refractivity contribution < 1.29 is 9.59 Å². The number of amides is 2. The largest absolute Gasteiger partial charge is 0.353 e. The molecule has 2 heterocycles. The molecule has 0 saturated carbocycles. The Morgan fingerprint density at radius 3 is 2.50 bits per heavy atom. The van der Waals surface area contributed by atoms with Crippen molar-refractivity contribution in [2.45, 2.75) is 46.5 Å². The van der Waals surface area contributed by atoms with Crippen molar-refractivity contribution >= 4 is 17.6 Å². The maximum atomic E-state index is 12.3. The number of nitrogens with one attached hydrogen (secondary N) is 1. The Balaban J connectivity index is 1.83. The van der Waals surface area contributed by atoms with Crippen LogP contribution in [0.3, 0.4) is 0 Å². The molecule has 1 aromatic heterocycles. The second-order valence-corrected chi connectivity index (χ2v) is 7.10. The van der Waals surface area contributed by atoms with Gasteiger partial charge in [0.1, 0.15) is 5.82 Å². The van der Waals surface area contributed by atoms with E-state index in [1.54, 1.807) is 6.20 Å². The smallest absolute Gasteiger partial charge is 0.252 e. The zero-order valence-electron chi connectivity index (χ0n) is 16.3. The van der Waals surface area contributed by atoms with Crippen LogP contribution in [-0.4, -0.2) is 54.4 Å². The number of pyridine rings is 1. The van der Waals surface area contributed by atoms with E-state index in [9.17, 15) is 9.59 Å². The summed E-state index contributed by atoms with van der Waals surface area (Å²) in [4.78, 5) is 32.9. The maximum absolute atomic E-state index is 12.3. The summed E-state index contributed by atoms with van der Waals surface area (Å²) >= 11 is 0. The van der Waals surface area contributed by atoms with Crippen molar-refractivity contribution in [3.8, 4) is 0 Å². The molecule has 1 N–H and O–H groups in total. The van der Waals surface area contributed by atoms with E-state index in [1.165, 1.54) is 0 Å². The van der Waals surface area contributed by atoms with Crippen LogP contribution >= 0.6 is 0 Å². The average Bonchev–Trinajstić information content (AvgIpc) is 2.68. The van der Waals surface area contributed by atoms with Crippen LogP contribution in [0.4, 0.5) is 5.82 Å². The second-order valence-electron chi connectivity index (χ2n) is 7.10. The highest BCUT2D eigenvalue weighted by molar-refractivity contribution is 5.94. The molecule has 1 atom stereocenters. The van der Waals surface area contributed by atoms with Gasteiger partial charge in [0.05, 0.1) is 5.56 Å². The molecule has 1 aliphatic rings. The van der Waals surface area contributed by atoms with E-state index < -0.39 is 0 Å². The average molecular weight is 361 g/mol. The van der Waals surface area contributed by atoms with Gasteiger partial charge in [-0.2, -0.15) is 0 Å². The molecule has 1 fully saturated rings.